The quantitative estimate of drug-likeness (QED) is 0.486. The second-order valence-corrected chi connectivity index (χ2v) is 2.58. The molecule has 1 unspecified atom stereocenters. The molecule has 0 amide bonds. The Bertz CT molecular complexity index is 239. The first-order chi connectivity index (χ1) is 5.23. The van der Waals surface area contributed by atoms with Crippen molar-refractivity contribution >= 4 is 6.29 Å². The van der Waals surface area contributed by atoms with E-state index < -0.39 is 5.41 Å². The van der Waals surface area contributed by atoms with E-state index in [1.165, 1.54) is 0 Å². The van der Waals surface area contributed by atoms with Gasteiger partial charge in [-0.1, -0.05) is 6.08 Å². The van der Waals surface area contributed by atoms with Crippen LogP contribution in [0.15, 0.2) is 35.5 Å². The maximum atomic E-state index is 10.6. The molecule has 1 rings (SSSR count). The van der Waals surface area contributed by atoms with Gasteiger partial charge >= 0.3 is 0 Å². The Morgan fingerprint density at radius 2 is 2.45 bits per heavy atom. The largest absolute Gasteiger partial charge is 0.468 e. The van der Waals surface area contributed by atoms with Crippen molar-refractivity contribution in [1.82, 2.24) is 0 Å². The van der Waals surface area contributed by atoms with Crippen molar-refractivity contribution in [3.63, 3.8) is 0 Å². The van der Waals surface area contributed by atoms with Gasteiger partial charge in [0.15, 0.2) is 0 Å². The van der Waals surface area contributed by atoms with Gasteiger partial charge in [0.05, 0.1) is 11.7 Å². The Kier molecular flexibility index (Phi) is 1.94. The molecular weight excluding hydrogens is 140 g/mol. The maximum absolute atomic E-state index is 10.6. The van der Waals surface area contributed by atoms with Crippen LogP contribution in [0.25, 0.3) is 0 Å². The van der Waals surface area contributed by atoms with Gasteiger partial charge < -0.3 is 9.21 Å². The summed E-state index contributed by atoms with van der Waals surface area (Å²) in [5.41, 5.74) is -0.677. The van der Waals surface area contributed by atoms with Crippen molar-refractivity contribution in [1.29, 1.82) is 0 Å². The molecule has 11 heavy (non-hydrogen) atoms. The zero-order valence-electron chi connectivity index (χ0n) is 6.41. The topological polar surface area (TPSA) is 30.2 Å². The van der Waals surface area contributed by atoms with Crippen LogP contribution in [0, 0.1) is 0 Å². The molecule has 1 aromatic heterocycles. The van der Waals surface area contributed by atoms with Crippen molar-refractivity contribution in [3.8, 4) is 0 Å². The molecule has 0 radical (unpaired) electrons. The zero-order valence-corrected chi connectivity index (χ0v) is 6.41. The molecule has 1 aromatic rings. The van der Waals surface area contributed by atoms with E-state index in [-0.39, 0.29) is 0 Å². The van der Waals surface area contributed by atoms with E-state index >= 15 is 0 Å². The number of hydrogen-bond acceptors (Lipinski definition) is 2. The summed E-state index contributed by atoms with van der Waals surface area (Å²) in [4.78, 5) is 10.6. The van der Waals surface area contributed by atoms with Crippen LogP contribution in [0.1, 0.15) is 12.7 Å². The first-order valence-corrected chi connectivity index (χ1v) is 3.37. The van der Waals surface area contributed by atoms with Gasteiger partial charge in [0, 0.05) is 0 Å². The van der Waals surface area contributed by atoms with Crippen LogP contribution in [0.3, 0.4) is 0 Å². The predicted octanol–water partition coefficient (Wildman–Crippen LogP) is 1.92. The first kappa shape index (κ1) is 7.79. The van der Waals surface area contributed by atoms with E-state index in [9.17, 15) is 4.79 Å². The molecule has 0 fully saturated rings. The highest BCUT2D eigenvalue weighted by atomic mass is 16.3. The van der Waals surface area contributed by atoms with Crippen molar-refractivity contribution in [2.75, 3.05) is 0 Å². The van der Waals surface area contributed by atoms with Crippen LogP contribution in [-0.4, -0.2) is 6.29 Å². The van der Waals surface area contributed by atoms with Crippen molar-refractivity contribution in [3.05, 3.63) is 36.8 Å². The lowest BCUT2D eigenvalue weighted by Crippen LogP contribution is -2.19. The fourth-order valence-corrected chi connectivity index (χ4v) is 0.792. The first-order valence-electron chi connectivity index (χ1n) is 3.37. The molecule has 0 bridgehead atoms. The summed E-state index contributed by atoms with van der Waals surface area (Å²) in [5, 5.41) is 0. The molecular formula is C9H10O2. The number of carbonyl (C=O) groups excluding carboxylic acids is 1. The summed E-state index contributed by atoms with van der Waals surface area (Å²) in [7, 11) is 0. The van der Waals surface area contributed by atoms with Crippen LogP contribution in [0.4, 0.5) is 0 Å². The highest BCUT2D eigenvalue weighted by Gasteiger charge is 2.24. The van der Waals surface area contributed by atoms with Gasteiger partial charge in [-0.25, -0.2) is 0 Å². The second kappa shape index (κ2) is 2.74. The molecule has 2 heteroatoms. The second-order valence-electron chi connectivity index (χ2n) is 2.58. The van der Waals surface area contributed by atoms with Crippen LogP contribution in [0.2, 0.25) is 0 Å². The fourth-order valence-electron chi connectivity index (χ4n) is 0.792. The Labute approximate surface area is 65.5 Å². The average Bonchev–Trinajstić information content (AvgIpc) is 2.55. The molecule has 0 saturated carbocycles. The molecule has 0 aliphatic rings. The van der Waals surface area contributed by atoms with Gasteiger partial charge in [0.25, 0.3) is 0 Å². The van der Waals surface area contributed by atoms with E-state index in [1.807, 2.05) is 0 Å². The standard InChI is InChI=1S/C9H10O2/c1-3-9(2,7-10)8-5-4-6-11-8/h3-7H,1H2,2H3. The van der Waals surface area contributed by atoms with Crippen molar-refractivity contribution < 1.29 is 9.21 Å². The van der Waals surface area contributed by atoms with E-state index in [0.717, 1.165) is 6.29 Å². The SMILES string of the molecule is C=CC(C)(C=O)c1ccco1. The number of allylic oxidation sites excluding steroid dienone is 1. The summed E-state index contributed by atoms with van der Waals surface area (Å²) in [6.07, 6.45) is 3.93. The summed E-state index contributed by atoms with van der Waals surface area (Å²) >= 11 is 0. The third-order valence-corrected chi connectivity index (χ3v) is 1.72. The normalized spacial score (nSPS) is 15.4. The average molecular weight is 150 g/mol. The van der Waals surface area contributed by atoms with Gasteiger partial charge in [-0.3, -0.25) is 0 Å². The lowest BCUT2D eigenvalue weighted by Gasteiger charge is -2.13. The Morgan fingerprint density at radius 3 is 2.82 bits per heavy atom. The van der Waals surface area contributed by atoms with Crippen LogP contribution >= 0.6 is 0 Å². The summed E-state index contributed by atoms with van der Waals surface area (Å²) in [6.45, 7) is 5.32. The number of aldehydes is 1. The lowest BCUT2D eigenvalue weighted by molar-refractivity contribution is -0.111. The highest BCUT2D eigenvalue weighted by Crippen LogP contribution is 2.22. The highest BCUT2D eigenvalue weighted by molar-refractivity contribution is 5.69. The van der Waals surface area contributed by atoms with E-state index in [1.54, 1.807) is 31.4 Å². The van der Waals surface area contributed by atoms with E-state index in [2.05, 4.69) is 6.58 Å². The summed E-state index contributed by atoms with van der Waals surface area (Å²) < 4.78 is 5.08. The Balaban J connectivity index is 3.05. The van der Waals surface area contributed by atoms with Gasteiger partial charge in [-0.2, -0.15) is 0 Å². The molecule has 0 aromatic carbocycles. The van der Waals surface area contributed by atoms with Crippen molar-refractivity contribution in [2.45, 2.75) is 12.3 Å². The minimum Gasteiger partial charge on any atom is -0.468 e. The number of carbonyl (C=O) groups is 1. The molecule has 0 aliphatic carbocycles. The van der Waals surface area contributed by atoms with Crippen LogP contribution < -0.4 is 0 Å². The van der Waals surface area contributed by atoms with E-state index in [0.29, 0.717) is 5.76 Å². The molecule has 0 N–H and O–H groups in total. The van der Waals surface area contributed by atoms with Crippen molar-refractivity contribution in [2.24, 2.45) is 0 Å². The lowest BCUT2D eigenvalue weighted by atomic mass is 9.90. The molecule has 1 atom stereocenters. The molecule has 0 aliphatic heterocycles. The third-order valence-electron chi connectivity index (χ3n) is 1.72. The van der Waals surface area contributed by atoms with Gasteiger partial charge in [-0.05, 0) is 19.1 Å². The van der Waals surface area contributed by atoms with Gasteiger partial charge in [0.2, 0.25) is 0 Å². The van der Waals surface area contributed by atoms with Crippen LogP contribution in [0.5, 0.6) is 0 Å². The fraction of sp³-hybridized carbons (Fsp3) is 0.222. The van der Waals surface area contributed by atoms with Crippen LogP contribution in [-0.2, 0) is 10.2 Å². The zero-order chi connectivity index (χ0) is 8.32. The molecule has 1 heterocycles. The van der Waals surface area contributed by atoms with Gasteiger partial charge in [0.1, 0.15) is 12.0 Å². The maximum Gasteiger partial charge on any atom is 0.137 e. The summed E-state index contributed by atoms with van der Waals surface area (Å²) in [6, 6.07) is 3.51. The molecule has 2 nitrogen and oxygen atoms in total. The Hall–Kier alpha value is -1.31. The number of furan rings is 1. The predicted molar refractivity (Wildman–Crippen MR) is 42.3 cm³/mol. The Morgan fingerprint density at radius 1 is 1.73 bits per heavy atom. The molecule has 0 spiro atoms. The minimum absolute atomic E-state index is 0.627. The number of hydrogen-bond donors (Lipinski definition) is 0. The molecule has 58 valence electrons. The molecule has 0 saturated heterocycles. The third kappa shape index (κ3) is 1.24. The number of rotatable bonds is 3. The smallest absolute Gasteiger partial charge is 0.137 e. The monoisotopic (exact) mass is 150 g/mol. The summed E-state index contributed by atoms with van der Waals surface area (Å²) in [5.74, 6) is 0.627. The van der Waals surface area contributed by atoms with E-state index in [4.69, 9.17) is 4.42 Å². The van der Waals surface area contributed by atoms with Gasteiger partial charge in [-0.15, -0.1) is 6.58 Å². The minimum atomic E-state index is -0.677.